The number of nitrogens with zero attached hydrogens (tertiary/aromatic N) is 1. The van der Waals surface area contributed by atoms with Crippen LogP contribution in [-0.2, 0) is 10.0 Å². The Labute approximate surface area is 121 Å². The van der Waals surface area contributed by atoms with E-state index in [0.29, 0.717) is 12.1 Å². The van der Waals surface area contributed by atoms with Crippen molar-refractivity contribution in [2.45, 2.75) is 38.1 Å². The number of hydrogen-bond acceptors (Lipinski definition) is 3. The third-order valence-electron chi connectivity index (χ3n) is 2.67. The van der Waals surface area contributed by atoms with Crippen LogP contribution in [0.1, 0.15) is 38.1 Å². The molecule has 1 aromatic carbocycles. The Hall–Kier alpha value is -1.40. The second-order valence-corrected chi connectivity index (χ2v) is 7.38. The minimum atomic E-state index is -3.56. The molecule has 0 aliphatic rings. The molecule has 1 N–H and O–H groups in total. The van der Waals surface area contributed by atoms with Crippen molar-refractivity contribution in [2.75, 3.05) is 13.6 Å². The Bertz CT molecular complexity index is 571. The van der Waals surface area contributed by atoms with Crippen LogP contribution in [0.2, 0.25) is 0 Å². The Kier molecular flexibility index (Phi) is 4.94. The molecule has 0 aromatic heterocycles. The van der Waals surface area contributed by atoms with E-state index < -0.39 is 15.6 Å². The van der Waals surface area contributed by atoms with Crippen molar-refractivity contribution >= 4 is 15.9 Å². The van der Waals surface area contributed by atoms with Gasteiger partial charge in [0.1, 0.15) is 0 Å². The van der Waals surface area contributed by atoms with Gasteiger partial charge >= 0.3 is 0 Å². The molecule has 1 rings (SSSR count). The molecule has 5 nitrogen and oxygen atoms in total. The fourth-order valence-electron chi connectivity index (χ4n) is 1.60. The Morgan fingerprint density at radius 1 is 1.20 bits per heavy atom. The van der Waals surface area contributed by atoms with Crippen LogP contribution >= 0.6 is 0 Å². The fourth-order valence-corrected chi connectivity index (χ4v) is 3.02. The van der Waals surface area contributed by atoms with E-state index in [0.717, 1.165) is 0 Å². The molecule has 0 bridgehead atoms. The number of rotatable bonds is 4. The van der Waals surface area contributed by atoms with Gasteiger partial charge in [-0.2, -0.15) is 0 Å². The van der Waals surface area contributed by atoms with Crippen molar-refractivity contribution in [3.8, 4) is 0 Å². The molecule has 6 heteroatoms. The molecule has 0 aliphatic carbocycles. The van der Waals surface area contributed by atoms with Gasteiger partial charge in [0, 0.05) is 24.7 Å². The van der Waals surface area contributed by atoms with Crippen molar-refractivity contribution < 1.29 is 13.2 Å². The number of benzene rings is 1. The molecule has 0 saturated carbocycles. The smallest absolute Gasteiger partial charge is 0.253 e. The predicted octanol–water partition coefficient (Wildman–Crippen LogP) is 1.86. The first kappa shape index (κ1) is 16.7. The van der Waals surface area contributed by atoms with Crippen molar-refractivity contribution in [1.82, 2.24) is 9.62 Å². The van der Waals surface area contributed by atoms with E-state index in [9.17, 15) is 13.2 Å². The lowest BCUT2D eigenvalue weighted by Crippen LogP contribution is -2.40. The van der Waals surface area contributed by atoms with Crippen molar-refractivity contribution in [3.63, 3.8) is 0 Å². The number of sulfonamides is 1. The summed E-state index contributed by atoms with van der Waals surface area (Å²) in [6.07, 6.45) is 0. The van der Waals surface area contributed by atoms with Crippen LogP contribution in [0, 0.1) is 0 Å². The van der Waals surface area contributed by atoms with Crippen molar-refractivity contribution in [3.05, 3.63) is 29.8 Å². The maximum absolute atomic E-state index is 12.1. The molecule has 0 fully saturated rings. The van der Waals surface area contributed by atoms with Gasteiger partial charge in [0.15, 0.2) is 0 Å². The summed E-state index contributed by atoms with van der Waals surface area (Å²) in [5.41, 5.74) is -0.0699. The summed E-state index contributed by atoms with van der Waals surface area (Å²) >= 11 is 0. The topological polar surface area (TPSA) is 66.5 Å². The third kappa shape index (κ3) is 4.31. The molecular formula is C14H22N2O3S. The molecule has 0 radical (unpaired) electrons. The highest BCUT2D eigenvalue weighted by Crippen LogP contribution is 2.14. The van der Waals surface area contributed by atoms with Gasteiger partial charge in [-0.1, -0.05) is 0 Å². The lowest BCUT2D eigenvalue weighted by molar-refractivity contribution is 0.0802. The van der Waals surface area contributed by atoms with Gasteiger partial charge in [-0.05, 0) is 52.0 Å². The quantitative estimate of drug-likeness (QED) is 0.922. The minimum absolute atomic E-state index is 0.125. The number of hydrogen-bond donors (Lipinski definition) is 1. The van der Waals surface area contributed by atoms with E-state index in [1.807, 2.05) is 6.92 Å². The van der Waals surface area contributed by atoms with Gasteiger partial charge in [-0.3, -0.25) is 4.79 Å². The van der Waals surface area contributed by atoms with Gasteiger partial charge in [0.25, 0.3) is 5.91 Å². The summed E-state index contributed by atoms with van der Waals surface area (Å²) in [5.74, 6) is -0.125. The lowest BCUT2D eigenvalue weighted by Gasteiger charge is -2.20. The molecule has 20 heavy (non-hydrogen) atoms. The molecule has 0 aliphatic heterocycles. The normalized spacial score (nSPS) is 12.2. The molecule has 0 saturated heterocycles. The summed E-state index contributed by atoms with van der Waals surface area (Å²) < 4.78 is 26.8. The third-order valence-corrected chi connectivity index (χ3v) is 4.45. The zero-order valence-corrected chi connectivity index (χ0v) is 13.4. The minimum Gasteiger partial charge on any atom is -0.342 e. The zero-order valence-electron chi connectivity index (χ0n) is 12.6. The average Bonchev–Trinajstić information content (AvgIpc) is 2.34. The maximum atomic E-state index is 12.1. The lowest BCUT2D eigenvalue weighted by atomic mass is 10.1. The van der Waals surface area contributed by atoms with Gasteiger partial charge < -0.3 is 4.90 Å². The Balaban J connectivity index is 3.00. The molecule has 0 unspecified atom stereocenters. The van der Waals surface area contributed by atoms with E-state index in [-0.39, 0.29) is 10.8 Å². The standard InChI is InChI=1S/C14H22N2O3S/c1-6-16(5)13(17)11-7-9-12(10-8-11)20(18,19)15-14(2,3)4/h7-10,15H,6H2,1-5H3. The van der Waals surface area contributed by atoms with Crippen LogP contribution in [-0.4, -0.2) is 38.4 Å². The highest BCUT2D eigenvalue weighted by molar-refractivity contribution is 7.89. The Morgan fingerprint density at radius 3 is 2.10 bits per heavy atom. The van der Waals surface area contributed by atoms with Gasteiger partial charge in [0.05, 0.1) is 4.90 Å². The number of amides is 1. The first-order chi connectivity index (χ1) is 9.07. The summed E-state index contributed by atoms with van der Waals surface area (Å²) in [4.78, 5) is 13.6. The molecule has 0 spiro atoms. The Morgan fingerprint density at radius 2 is 1.70 bits per heavy atom. The van der Waals surface area contributed by atoms with E-state index in [4.69, 9.17) is 0 Å². The number of carbonyl (C=O) groups excluding carboxylic acids is 1. The summed E-state index contributed by atoms with van der Waals surface area (Å²) in [6, 6.07) is 5.97. The highest BCUT2D eigenvalue weighted by Gasteiger charge is 2.22. The average molecular weight is 298 g/mol. The SMILES string of the molecule is CCN(C)C(=O)c1ccc(S(=O)(=O)NC(C)(C)C)cc1. The van der Waals surface area contributed by atoms with E-state index in [1.165, 1.54) is 24.3 Å². The van der Waals surface area contributed by atoms with Crippen LogP contribution in [0.3, 0.4) is 0 Å². The molecule has 112 valence electrons. The van der Waals surface area contributed by atoms with Crippen LogP contribution in [0.5, 0.6) is 0 Å². The molecule has 0 heterocycles. The second kappa shape index (κ2) is 5.93. The van der Waals surface area contributed by atoms with Crippen LogP contribution in [0.4, 0.5) is 0 Å². The van der Waals surface area contributed by atoms with Crippen LogP contribution in [0.15, 0.2) is 29.2 Å². The van der Waals surface area contributed by atoms with E-state index in [2.05, 4.69) is 4.72 Å². The molecule has 1 amide bonds. The molecular weight excluding hydrogens is 276 g/mol. The number of nitrogens with one attached hydrogen (secondary N) is 1. The molecule has 1 aromatic rings. The predicted molar refractivity (Wildman–Crippen MR) is 79.2 cm³/mol. The largest absolute Gasteiger partial charge is 0.342 e. The summed E-state index contributed by atoms with van der Waals surface area (Å²) in [5, 5.41) is 0. The van der Waals surface area contributed by atoms with Crippen LogP contribution < -0.4 is 4.72 Å². The van der Waals surface area contributed by atoms with Crippen LogP contribution in [0.25, 0.3) is 0 Å². The van der Waals surface area contributed by atoms with E-state index in [1.54, 1.807) is 32.7 Å². The maximum Gasteiger partial charge on any atom is 0.253 e. The number of carbonyl (C=O) groups is 1. The van der Waals surface area contributed by atoms with Gasteiger partial charge in [-0.15, -0.1) is 0 Å². The summed E-state index contributed by atoms with van der Waals surface area (Å²) in [7, 11) is -1.86. The molecule has 0 atom stereocenters. The first-order valence-electron chi connectivity index (χ1n) is 6.46. The highest BCUT2D eigenvalue weighted by atomic mass is 32.2. The van der Waals surface area contributed by atoms with Gasteiger partial charge in [0.2, 0.25) is 10.0 Å². The van der Waals surface area contributed by atoms with E-state index >= 15 is 0 Å². The van der Waals surface area contributed by atoms with Crippen molar-refractivity contribution in [2.24, 2.45) is 0 Å². The fraction of sp³-hybridized carbons (Fsp3) is 0.500. The zero-order chi connectivity index (χ0) is 15.6. The van der Waals surface area contributed by atoms with Crippen molar-refractivity contribution in [1.29, 1.82) is 0 Å². The first-order valence-corrected chi connectivity index (χ1v) is 7.94. The second-order valence-electron chi connectivity index (χ2n) is 5.70. The summed E-state index contributed by atoms with van der Waals surface area (Å²) in [6.45, 7) is 7.81. The van der Waals surface area contributed by atoms with Gasteiger partial charge in [-0.25, -0.2) is 13.1 Å². The monoisotopic (exact) mass is 298 g/mol.